The summed E-state index contributed by atoms with van der Waals surface area (Å²) in [5, 5.41) is 4.78. The molecule has 174 valence electrons. The lowest BCUT2D eigenvalue weighted by Crippen LogP contribution is -2.49. The molecule has 0 N–H and O–H groups in total. The number of carbonyl (C=O) groups is 1. The number of fused-ring (bicyclic) bond motifs is 1. The molecule has 0 atom stereocenters. The Balaban J connectivity index is 1.30. The van der Waals surface area contributed by atoms with Crippen LogP contribution in [-0.4, -0.2) is 80.7 Å². The number of carbonyl (C=O) groups excluding carboxylic acids is 1. The van der Waals surface area contributed by atoms with Gasteiger partial charge in [0.05, 0.1) is 17.9 Å². The SMILES string of the molecule is CCCN(CCC)C1CCN(C(=O)CN2CCc3nn(-c4ccnc(C)c4)cc3C2)CC1. The Labute approximate surface area is 192 Å². The number of aryl methyl sites for hydroxylation is 1. The molecule has 1 saturated heterocycles. The first kappa shape index (κ1) is 22.9. The quantitative estimate of drug-likeness (QED) is 0.634. The van der Waals surface area contributed by atoms with Crippen molar-refractivity contribution in [3.05, 3.63) is 41.5 Å². The Morgan fingerprint density at radius 3 is 2.59 bits per heavy atom. The Kier molecular flexibility index (Phi) is 7.58. The molecular formula is C25H38N6O. The number of hydrogen-bond donors (Lipinski definition) is 0. The Bertz CT molecular complexity index is 896. The van der Waals surface area contributed by atoms with Gasteiger partial charge in [0, 0.05) is 62.3 Å². The Morgan fingerprint density at radius 2 is 1.91 bits per heavy atom. The van der Waals surface area contributed by atoms with Crippen LogP contribution in [0.1, 0.15) is 56.5 Å². The maximum Gasteiger partial charge on any atom is 0.236 e. The molecule has 1 amide bonds. The van der Waals surface area contributed by atoms with Gasteiger partial charge in [-0.3, -0.25) is 14.7 Å². The minimum Gasteiger partial charge on any atom is -0.341 e. The van der Waals surface area contributed by atoms with Crippen LogP contribution in [0.25, 0.3) is 5.69 Å². The lowest BCUT2D eigenvalue weighted by molar-refractivity contribution is -0.134. The van der Waals surface area contributed by atoms with Crippen molar-refractivity contribution >= 4 is 5.91 Å². The van der Waals surface area contributed by atoms with Crippen LogP contribution in [0.3, 0.4) is 0 Å². The summed E-state index contributed by atoms with van der Waals surface area (Å²) in [5.74, 6) is 0.279. The molecule has 1 fully saturated rings. The normalized spacial score (nSPS) is 17.7. The topological polar surface area (TPSA) is 57.5 Å². The minimum absolute atomic E-state index is 0.279. The standard InChI is InChI=1S/C25H38N6O/c1-4-11-29(12-5-2)22-7-14-30(15-8-22)25(32)19-28-13-9-24-21(17-28)18-31(27-24)23-6-10-26-20(3)16-23/h6,10,16,18,22H,4-5,7-9,11-15,17,19H2,1-3H3. The molecular weight excluding hydrogens is 400 g/mol. The molecule has 0 aliphatic carbocycles. The van der Waals surface area contributed by atoms with Crippen molar-refractivity contribution in [2.24, 2.45) is 0 Å². The van der Waals surface area contributed by atoms with E-state index in [1.54, 1.807) is 0 Å². The van der Waals surface area contributed by atoms with Crippen LogP contribution in [-0.2, 0) is 17.8 Å². The summed E-state index contributed by atoms with van der Waals surface area (Å²) in [6, 6.07) is 4.67. The number of likely N-dealkylation sites (tertiary alicyclic amines) is 1. The summed E-state index contributed by atoms with van der Waals surface area (Å²) >= 11 is 0. The molecule has 4 rings (SSSR count). The second-order valence-corrected chi connectivity index (χ2v) is 9.31. The number of amides is 1. The van der Waals surface area contributed by atoms with Crippen molar-refractivity contribution in [1.82, 2.24) is 29.5 Å². The summed E-state index contributed by atoms with van der Waals surface area (Å²) in [7, 11) is 0. The van der Waals surface area contributed by atoms with E-state index in [4.69, 9.17) is 5.10 Å². The Hall–Kier alpha value is -2.25. The molecule has 0 aromatic carbocycles. The van der Waals surface area contributed by atoms with Gasteiger partial charge < -0.3 is 9.80 Å². The molecule has 4 heterocycles. The number of aromatic nitrogens is 3. The first-order valence-corrected chi connectivity index (χ1v) is 12.3. The average molecular weight is 439 g/mol. The second-order valence-electron chi connectivity index (χ2n) is 9.31. The third-order valence-corrected chi connectivity index (χ3v) is 6.79. The Morgan fingerprint density at radius 1 is 1.16 bits per heavy atom. The van der Waals surface area contributed by atoms with E-state index in [1.165, 1.54) is 31.5 Å². The molecule has 0 unspecified atom stereocenters. The summed E-state index contributed by atoms with van der Waals surface area (Å²) in [4.78, 5) is 24.3. The largest absolute Gasteiger partial charge is 0.341 e. The van der Waals surface area contributed by atoms with Gasteiger partial charge in [-0.05, 0) is 57.8 Å². The number of rotatable bonds is 8. The number of piperidine rings is 1. The van der Waals surface area contributed by atoms with Crippen LogP contribution in [0.15, 0.2) is 24.5 Å². The fraction of sp³-hybridized carbons (Fsp3) is 0.640. The maximum atomic E-state index is 13.0. The lowest BCUT2D eigenvalue weighted by Gasteiger charge is -2.39. The van der Waals surface area contributed by atoms with Gasteiger partial charge in [-0.15, -0.1) is 0 Å². The fourth-order valence-electron chi connectivity index (χ4n) is 5.14. The minimum atomic E-state index is 0.279. The molecule has 0 radical (unpaired) electrons. The van der Waals surface area contributed by atoms with Crippen molar-refractivity contribution in [2.45, 2.75) is 65.5 Å². The molecule has 2 aromatic rings. The first-order chi connectivity index (χ1) is 15.6. The molecule has 2 aliphatic heterocycles. The monoisotopic (exact) mass is 438 g/mol. The van der Waals surface area contributed by atoms with Crippen molar-refractivity contribution in [1.29, 1.82) is 0 Å². The van der Waals surface area contributed by atoms with E-state index in [0.29, 0.717) is 12.6 Å². The van der Waals surface area contributed by atoms with Gasteiger partial charge in [0.2, 0.25) is 5.91 Å². The van der Waals surface area contributed by atoms with Crippen LogP contribution >= 0.6 is 0 Å². The van der Waals surface area contributed by atoms with E-state index >= 15 is 0 Å². The van der Waals surface area contributed by atoms with Crippen LogP contribution in [0.4, 0.5) is 0 Å². The fourth-order valence-corrected chi connectivity index (χ4v) is 5.14. The zero-order chi connectivity index (χ0) is 22.5. The van der Waals surface area contributed by atoms with Crippen LogP contribution in [0.2, 0.25) is 0 Å². The predicted octanol–water partition coefficient (Wildman–Crippen LogP) is 3.05. The van der Waals surface area contributed by atoms with Gasteiger partial charge in [-0.2, -0.15) is 5.10 Å². The van der Waals surface area contributed by atoms with Gasteiger partial charge >= 0.3 is 0 Å². The highest BCUT2D eigenvalue weighted by Crippen LogP contribution is 2.21. The zero-order valence-electron chi connectivity index (χ0n) is 20.0. The predicted molar refractivity (Wildman–Crippen MR) is 127 cm³/mol. The summed E-state index contributed by atoms with van der Waals surface area (Å²) in [5.41, 5.74) is 4.40. The lowest BCUT2D eigenvalue weighted by atomic mass is 10.0. The van der Waals surface area contributed by atoms with Crippen LogP contribution < -0.4 is 0 Å². The van der Waals surface area contributed by atoms with E-state index in [0.717, 1.165) is 62.5 Å². The molecule has 0 bridgehead atoms. The van der Waals surface area contributed by atoms with Gasteiger partial charge in [-0.25, -0.2) is 4.68 Å². The van der Waals surface area contributed by atoms with Crippen molar-refractivity contribution in [3.63, 3.8) is 0 Å². The van der Waals surface area contributed by atoms with E-state index in [1.807, 2.05) is 29.9 Å². The number of pyridine rings is 1. The van der Waals surface area contributed by atoms with E-state index in [2.05, 4.69) is 39.7 Å². The van der Waals surface area contributed by atoms with Gasteiger partial charge in [0.15, 0.2) is 0 Å². The highest BCUT2D eigenvalue weighted by atomic mass is 16.2. The van der Waals surface area contributed by atoms with Crippen molar-refractivity contribution in [3.8, 4) is 5.69 Å². The molecule has 2 aromatic heterocycles. The summed E-state index contributed by atoms with van der Waals surface area (Å²) in [6.07, 6.45) is 9.44. The van der Waals surface area contributed by atoms with E-state index in [9.17, 15) is 4.79 Å². The van der Waals surface area contributed by atoms with Gasteiger partial charge in [0.25, 0.3) is 0 Å². The van der Waals surface area contributed by atoms with E-state index in [-0.39, 0.29) is 5.91 Å². The summed E-state index contributed by atoms with van der Waals surface area (Å²) in [6.45, 7) is 12.8. The third-order valence-electron chi connectivity index (χ3n) is 6.79. The molecule has 2 aliphatic rings. The number of hydrogen-bond acceptors (Lipinski definition) is 5. The smallest absolute Gasteiger partial charge is 0.236 e. The van der Waals surface area contributed by atoms with E-state index < -0.39 is 0 Å². The summed E-state index contributed by atoms with van der Waals surface area (Å²) < 4.78 is 1.95. The molecule has 0 spiro atoms. The molecule has 32 heavy (non-hydrogen) atoms. The second kappa shape index (κ2) is 10.6. The first-order valence-electron chi connectivity index (χ1n) is 12.3. The highest BCUT2D eigenvalue weighted by molar-refractivity contribution is 5.78. The number of nitrogens with zero attached hydrogens (tertiary/aromatic N) is 6. The van der Waals surface area contributed by atoms with Crippen LogP contribution in [0, 0.1) is 6.92 Å². The third kappa shape index (κ3) is 5.38. The maximum absolute atomic E-state index is 13.0. The van der Waals surface area contributed by atoms with Crippen molar-refractivity contribution < 1.29 is 4.79 Å². The average Bonchev–Trinajstić information content (AvgIpc) is 3.23. The molecule has 7 heteroatoms. The van der Waals surface area contributed by atoms with Crippen LogP contribution in [0.5, 0.6) is 0 Å². The van der Waals surface area contributed by atoms with Crippen molar-refractivity contribution in [2.75, 3.05) is 39.3 Å². The zero-order valence-corrected chi connectivity index (χ0v) is 20.0. The highest BCUT2D eigenvalue weighted by Gasteiger charge is 2.28. The molecule has 7 nitrogen and oxygen atoms in total. The van der Waals surface area contributed by atoms with Gasteiger partial charge in [0.1, 0.15) is 0 Å². The van der Waals surface area contributed by atoms with Gasteiger partial charge in [-0.1, -0.05) is 13.8 Å². The molecule has 0 saturated carbocycles.